The van der Waals surface area contributed by atoms with E-state index in [4.69, 9.17) is 4.84 Å². The minimum absolute atomic E-state index is 0.457. The quantitative estimate of drug-likeness (QED) is 0.572. The van der Waals surface area contributed by atoms with E-state index in [9.17, 15) is 0 Å². The summed E-state index contributed by atoms with van der Waals surface area (Å²) in [5, 5.41) is 4.02. The summed E-state index contributed by atoms with van der Waals surface area (Å²) < 4.78 is 0. The van der Waals surface area contributed by atoms with E-state index in [0.29, 0.717) is 5.41 Å². The summed E-state index contributed by atoms with van der Waals surface area (Å²) in [6.45, 7) is 6.99. The Morgan fingerprint density at radius 2 is 1.77 bits per heavy atom. The molecule has 0 bridgehead atoms. The molecule has 0 heterocycles. The number of hydrogen-bond donors (Lipinski definition) is 0. The van der Waals surface area contributed by atoms with Gasteiger partial charge in [-0.15, -0.1) is 0 Å². The normalized spacial score (nSPS) is 24.3. The predicted octanol–water partition coefficient (Wildman–Crippen LogP) is 3.23. The fourth-order valence-electron chi connectivity index (χ4n) is 2.04. The molecule has 0 saturated heterocycles. The van der Waals surface area contributed by atoms with Gasteiger partial charge in [-0.25, -0.2) is 0 Å². The Balaban J connectivity index is 2.44. The minimum atomic E-state index is 0.457. The first-order valence-electron chi connectivity index (χ1n) is 5.13. The highest BCUT2D eigenvalue weighted by atomic mass is 16.6. The van der Waals surface area contributed by atoms with Crippen LogP contribution in [-0.4, -0.2) is 12.8 Å². The first-order valence-corrected chi connectivity index (χ1v) is 5.13. The Kier molecular flexibility index (Phi) is 3.34. The average Bonchev–Trinajstić information content (AvgIpc) is 2.04. The van der Waals surface area contributed by atoms with Gasteiger partial charge in [0.25, 0.3) is 0 Å². The van der Waals surface area contributed by atoms with Crippen LogP contribution in [0, 0.1) is 11.3 Å². The maximum Gasteiger partial charge on any atom is 0.106 e. The highest BCUT2D eigenvalue weighted by Crippen LogP contribution is 2.36. The number of nitrogens with zero attached hydrogens (tertiary/aromatic N) is 1. The average molecular weight is 183 g/mol. The van der Waals surface area contributed by atoms with Crippen LogP contribution in [0.3, 0.4) is 0 Å². The van der Waals surface area contributed by atoms with E-state index >= 15 is 0 Å². The van der Waals surface area contributed by atoms with Gasteiger partial charge in [-0.3, -0.25) is 0 Å². The second kappa shape index (κ2) is 4.12. The summed E-state index contributed by atoms with van der Waals surface area (Å²) in [5.74, 6) is 0.850. The Bertz CT molecular complexity index is 181. The number of oxime groups is 1. The Hall–Kier alpha value is -0.530. The van der Waals surface area contributed by atoms with Crippen molar-refractivity contribution in [2.45, 2.75) is 46.5 Å². The van der Waals surface area contributed by atoms with Gasteiger partial charge in [-0.1, -0.05) is 25.9 Å². The van der Waals surface area contributed by atoms with Crippen LogP contribution >= 0.6 is 0 Å². The number of rotatable bonds is 1. The highest BCUT2D eigenvalue weighted by Gasteiger charge is 2.28. The molecule has 2 heteroatoms. The van der Waals surface area contributed by atoms with Crippen LogP contribution in [0.2, 0.25) is 0 Å². The lowest BCUT2D eigenvalue weighted by Gasteiger charge is -2.33. The van der Waals surface area contributed by atoms with Gasteiger partial charge >= 0.3 is 0 Å². The van der Waals surface area contributed by atoms with Gasteiger partial charge in [-0.2, -0.15) is 0 Å². The van der Waals surface area contributed by atoms with Crippen molar-refractivity contribution in [1.82, 2.24) is 0 Å². The summed E-state index contributed by atoms with van der Waals surface area (Å²) in [6, 6.07) is 0. The predicted molar refractivity (Wildman–Crippen MR) is 55.9 cm³/mol. The maximum atomic E-state index is 4.79. The molecule has 1 saturated carbocycles. The highest BCUT2D eigenvalue weighted by molar-refractivity contribution is 5.84. The molecule has 0 spiro atoms. The van der Waals surface area contributed by atoms with E-state index in [1.807, 2.05) is 0 Å². The second-order valence-electron chi connectivity index (χ2n) is 4.98. The molecule has 0 amide bonds. The van der Waals surface area contributed by atoms with E-state index < -0.39 is 0 Å². The van der Waals surface area contributed by atoms with Gasteiger partial charge in [0.15, 0.2) is 0 Å². The lowest BCUT2D eigenvalue weighted by atomic mass is 9.72. The first kappa shape index (κ1) is 10.6. The summed E-state index contributed by atoms with van der Waals surface area (Å²) in [4.78, 5) is 4.79. The van der Waals surface area contributed by atoms with E-state index in [1.54, 1.807) is 7.11 Å². The van der Waals surface area contributed by atoms with Crippen molar-refractivity contribution in [3.8, 4) is 0 Å². The maximum absolute atomic E-state index is 4.79. The molecular weight excluding hydrogens is 162 g/mol. The third kappa shape index (κ3) is 3.02. The molecule has 13 heavy (non-hydrogen) atoms. The zero-order valence-corrected chi connectivity index (χ0v) is 9.26. The zero-order valence-electron chi connectivity index (χ0n) is 9.26. The zero-order chi connectivity index (χ0) is 9.90. The van der Waals surface area contributed by atoms with E-state index in [1.165, 1.54) is 18.6 Å². The minimum Gasteiger partial charge on any atom is -0.399 e. The summed E-state index contributed by atoms with van der Waals surface area (Å²) >= 11 is 0. The van der Waals surface area contributed by atoms with Gasteiger partial charge < -0.3 is 4.84 Å². The van der Waals surface area contributed by atoms with Crippen molar-refractivity contribution in [2.24, 2.45) is 16.5 Å². The van der Waals surface area contributed by atoms with Gasteiger partial charge in [-0.05, 0) is 37.0 Å². The van der Waals surface area contributed by atoms with Crippen LogP contribution < -0.4 is 0 Å². The number of hydrogen-bond acceptors (Lipinski definition) is 2. The second-order valence-corrected chi connectivity index (χ2v) is 4.98. The van der Waals surface area contributed by atoms with Crippen molar-refractivity contribution < 1.29 is 4.84 Å². The molecule has 0 unspecified atom stereocenters. The molecule has 0 atom stereocenters. The van der Waals surface area contributed by atoms with Gasteiger partial charge in [0.1, 0.15) is 7.11 Å². The molecule has 0 aliphatic heterocycles. The van der Waals surface area contributed by atoms with Crippen molar-refractivity contribution in [1.29, 1.82) is 0 Å². The Morgan fingerprint density at radius 3 is 2.15 bits per heavy atom. The molecule has 1 aliphatic rings. The molecule has 0 radical (unpaired) electrons. The lowest BCUT2D eigenvalue weighted by Crippen LogP contribution is -2.25. The van der Waals surface area contributed by atoms with Gasteiger partial charge in [0, 0.05) is 0 Å². The van der Waals surface area contributed by atoms with E-state index in [0.717, 1.165) is 18.8 Å². The van der Waals surface area contributed by atoms with Crippen molar-refractivity contribution in [3.63, 3.8) is 0 Å². The molecule has 0 aromatic heterocycles. The van der Waals surface area contributed by atoms with E-state index in [2.05, 4.69) is 25.9 Å². The monoisotopic (exact) mass is 183 g/mol. The molecule has 76 valence electrons. The standard InChI is InChI=1S/C11H21NO/c1-11(2,3)9-5-7-10(8-6-9)12-13-4/h9H,5-8H2,1-4H3. The summed E-state index contributed by atoms with van der Waals surface area (Å²) in [7, 11) is 1.63. The van der Waals surface area contributed by atoms with Crippen LogP contribution in [0.4, 0.5) is 0 Å². The molecule has 0 aromatic carbocycles. The molecule has 1 aliphatic carbocycles. The largest absolute Gasteiger partial charge is 0.399 e. The molecular formula is C11H21NO. The molecule has 0 aromatic rings. The van der Waals surface area contributed by atoms with Crippen LogP contribution in [-0.2, 0) is 4.84 Å². The fraction of sp³-hybridized carbons (Fsp3) is 0.909. The Labute approximate surface area is 81.3 Å². The van der Waals surface area contributed by atoms with Crippen LogP contribution in [0.15, 0.2) is 5.16 Å². The van der Waals surface area contributed by atoms with Crippen molar-refractivity contribution >= 4 is 5.71 Å². The fourth-order valence-corrected chi connectivity index (χ4v) is 2.04. The Morgan fingerprint density at radius 1 is 1.23 bits per heavy atom. The molecule has 1 fully saturated rings. The van der Waals surface area contributed by atoms with Gasteiger partial charge in [0.05, 0.1) is 5.71 Å². The van der Waals surface area contributed by atoms with Crippen LogP contribution in [0.1, 0.15) is 46.5 Å². The third-order valence-corrected chi connectivity index (χ3v) is 3.01. The molecule has 1 rings (SSSR count). The van der Waals surface area contributed by atoms with Crippen molar-refractivity contribution in [2.75, 3.05) is 7.11 Å². The molecule has 2 nitrogen and oxygen atoms in total. The van der Waals surface area contributed by atoms with Crippen molar-refractivity contribution in [3.05, 3.63) is 0 Å². The smallest absolute Gasteiger partial charge is 0.106 e. The summed E-state index contributed by atoms with van der Waals surface area (Å²) in [6.07, 6.45) is 4.78. The van der Waals surface area contributed by atoms with Crippen LogP contribution in [0.5, 0.6) is 0 Å². The molecule has 0 N–H and O–H groups in total. The van der Waals surface area contributed by atoms with E-state index in [-0.39, 0.29) is 0 Å². The SMILES string of the molecule is CON=C1CCC(C(C)(C)C)CC1. The third-order valence-electron chi connectivity index (χ3n) is 3.01. The first-order chi connectivity index (χ1) is 6.04. The lowest BCUT2D eigenvalue weighted by molar-refractivity contribution is 0.192. The summed E-state index contributed by atoms with van der Waals surface area (Å²) in [5.41, 5.74) is 1.70. The van der Waals surface area contributed by atoms with Gasteiger partial charge in [0.2, 0.25) is 0 Å². The van der Waals surface area contributed by atoms with Crippen LogP contribution in [0.25, 0.3) is 0 Å². The topological polar surface area (TPSA) is 21.6 Å².